The van der Waals surface area contributed by atoms with Gasteiger partial charge in [0.05, 0.1) is 6.61 Å². The van der Waals surface area contributed by atoms with E-state index in [0.717, 1.165) is 49.5 Å². The molecule has 2 aromatic carbocycles. The molecule has 1 amide bonds. The molecular weight excluding hydrogens is 452 g/mol. The Kier molecular flexibility index (Phi) is 8.83. The van der Waals surface area contributed by atoms with E-state index in [9.17, 15) is 9.59 Å². The third-order valence-corrected chi connectivity index (χ3v) is 6.15. The van der Waals surface area contributed by atoms with Gasteiger partial charge in [-0.1, -0.05) is 24.3 Å². The maximum atomic E-state index is 12.6. The van der Waals surface area contributed by atoms with Crippen molar-refractivity contribution in [2.45, 2.75) is 20.0 Å². The summed E-state index contributed by atoms with van der Waals surface area (Å²) in [6, 6.07) is 19.6. The van der Waals surface area contributed by atoms with Crippen molar-refractivity contribution >= 4 is 23.6 Å². The van der Waals surface area contributed by atoms with Gasteiger partial charge in [0.1, 0.15) is 0 Å². The lowest BCUT2D eigenvalue weighted by Gasteiger charge is -2.36. The van der Waals surface area contributed by atoms with Gasteiger partial charge in [0.25, 0.3) is 5.91 Å². The van der Waals surface area contributed by atoms with E-state index in [0.29, 0.717) is 18.7 Å². The molecule has 4 rings (SSSR count). The first-order valence-electron chi connectivity index (χ1n) is 12.3. The molecule has 7 heteroatoms. The first kappa shape index (κ1) is 25.1. The zero-order chi connectivity index (χ0) is 25.2. The summed E-state index contributed by atoms with van der Waals surface area (Å²) in [5, 5.41) is 2.97. The second kappa shape index (κ2) is 12.7. The standard InChI is InChI=1S/C29H32N4O3/c1-2-36-28(34)12-7-23-3-5-24(6-4-23)21-31-29(35)26-8-10-27(11-9-26)33-19-17-32(18-20-33)22-25-13-15-30-16-14-25/h3-16H,2,17-22H2,1H3,(H,31,35). The van der Waals surface area contributed by atoms with Crippen LogP contribution in [0.4, 0.5) is 5.69 Å². The van der Waals surface area contributed by atoms with Crippen LogP contribution >= 0.6 is 0 Å². The molecule has 2 heterocycles. The van der Waals surface area contributed by atoms with Crippen LogP contribution in [0.2, 0.25) is 0 Å². The van der Waals surface area contributed by atoms with Crippen molar-refractivity contribution in [2.75, 3.05) is 37.7 Å². The molecule has 0 aliphatic carbocycles. The van der Waals surface area contributed by atoms with Crippen molar-refractivity contribution in [2.24, 2.45) is 0 Å². The highest BCUT2D eigenvalue weighted by Crippen LogP contribution is 2.18. The van der Waals surface area contributed by atoms with Crippen LogP contribution in [0.25, 0.3) is 6.08 Å². The second-order valence-corrected chi connectivity index (χ2v) is 8.68. The van der Waals surface area contributed by atoms with Gasteiger partial charge >= 0.3 is 5.97 Å². The summed E-state index contributed by atoms with van der Waals surface area (Å²) in [5.74, 6) is -0.460. The minimum atomic E-state index is -0.358. The van der Waals surface area contributed by atoms with Crippen molar-refractivity contribution in [3.05, 3.63) is 101 Å². The number of aromatic nitrogens is 1. The molecule has 7 nitrogen and oxygen atoms in total. The smallest absolute Gasteiger partial charge is 0.330 e. The molecule has 0 unspecified atom stereocenters. The Bertz CT molecular complexity index is 1150. The number of esters is 1. The van der Waals surface area contributed by atoms with E-state index in [2.05, 4.69) is 32.2 Å². The molecule has 1 aliphatic heterocycles. The van der Waals surface area contributed by atoms with Crippen LogP contribution in [0, 0.1) is 0 Å². The van der Waals surface area contributed by atoms with Crippen LogP contribution in [0.5, 0.6) is 0 Å². The number of hydrogen-bond donors (Lipinski definition) is 1. The minimum Gasteiger partial charge on any atom is -0.463 e. The average molecular weight is 485 g/mol. The SMILES string of the molecule is CCOC(=O)C=Cc1ccc(CNC(=O)c2ccc(N3CCN(Cc4ccncc4)CC3)cc2)cc1. The van der Waals surface area contributed by atoms with Gasteiger partial charge in [0, 0.05) is 69.0 Å². The van der Waals surface area contributed by atoms with E-state index >= 15 is 0 Å². The van der Waals surface area contributed by atoms with E-state index < -0.39 is 0 Å². The molecule has 0 radical (unpaired) electrons. The number of anilines is 1. The number of piperazine rings is 1. The fraction of sp³-hybridized carbons (Fsp3) is 0.276. The van der Waals surface area contributed by atoms with Gasteiger partial charge in [0.2, 0.25) is 0 Å². The molecule has 36 heavy (non-hydrogen) atoms. The monoisotopic (exact) mass is 484 g/mol. The Morgan fingerprint density at radius 2 is 1.61 bits per heavy atom. The quantitative estimate of drug-likeness (QED) is 0.367. The predicted molar refractivity (Wildman–Crippen MR) is 141 cm³/mol. The molecule has 1 aromatic heterocycles. The molecule has 1 fully saturated rings. The summed E-state index contributed by atoms with van der Waals surface area (Å²) in [5.41, 5.74) is 4.95. The number of ether oxygens (including phenoxy) is 1. The number of nitrogens with zero attached hydrogens (tertiary/aromatic N) is 3. The number of carbonyl (C=O) groups is 2. The van der Waals surface area contributed by atoms with Crippen LogP contribution in [-0.4, -0.2) is 54.5 Å². The van der Waals surface area contributed by atoms with Crippen LogP contribution in [0.3, 0.4) is 0 Å². The summed E-state index contributed by atoms with van der Waals surface area (Å²) in [7, 11) is 0. The fourth-order valence-corrected chi connectivity index (χ4v) is 4.12. The largest absolute Gasteiger partial charge is 0.463 e. The van der Waals surface area contributed by atoms with E-state index in [1.54, 1.807) is 13.0 Å². The number of pyridine rings is 1. The molecule has 1 aliphatic rings. The zero-order valence-corrected chi connectivity index (χ0v) is 20.6. The molecular formula is C29H32N4O3. The first-order valence-corrected chi connectivity index (χ1v) is 12.3. The number of benzene rings is 2. The summed E-state index contributed by atoms with van der Waals surface area (Å²) < 4.78 is 4.88. The summed E-state index contributed by atoms with van der Waals surface area (Å²) in [6.07, 6.45) is 6.80. The number of hydrogen-bond acceptors (Lipinski definition) is 6. The predicted octanol–water partition coefficient (Wildman–Crippen LogP) is 3.91. The maximum Gasteiger partial charge on any atom is 0.330 e. The van der Waals surface area contributed by atoms with E-state index in [4.69, 9.17) is 4.74 Å². The Labute approximate surface area is 212 Å². The molecule has 186 valence electrons. The van der Waals surface area contributed by atoms with Crippen LogP contribution in [-0.2, 0) is 22.6 Å². The lowest BCUT2D eigenvalue weighted by atomic mass is 10.1. The molecule has 1 saturated heterocycles. The van der Waals surface area contributed by atoms with Gasteiger partial charge in [-0.05, 0) is 66.1 Å². The van der Waals surface area contributed by atoms with Gasteiger partial charge in [-0.3, -0.25) is 14.7 Å². The Balaban J connectivity index is 1.23. The molecule has 0 atom stereocenters. The van der Waals surface area contributed by atoms with Gasteiger partial charge in [-0.25, -0.2) is 4.79 Å². The number of rotatable bonds is 9. The summed E-state index contributed by atoms with van der Waals surface area (Å²) >= 11 is 0. The Morgan fingerprint density at radius 3 is 2.28 bits per heavy atom. The third kappa shape index (κ3) is 7.26. The van der Waals surface area contributed by atoms with E-state index in [-0.39, 0.29) is 11.9 Å². The van der Waals surface area contributed by atoms with Gasteiger partial charge in [0.15, 0.2) is 0 Å². The van der Waals surface area contributed by atoms with Crippen molar-refractivity contribution in [3.8, 4) is 0 Å². The van der Waals surface area contributed by atoms with Gasteiger partial charge in [-0.15, -0.1) is 0 Å². The van der Waals surface area contributed by atoms with Gasteiger partial charge < -0.3 is 15.0 Å². The highest BCUT2D eigenvalue weighted by atomic mass is 16.5. The fourth-order valence-electron chi connectivity index (χ4n) is 4.12. The second-order valence-electron chi connectivity index (χ2n) is 8.68. The molecule has 3 aromatic rings. The summed E-state index contributed by atoms with van der Waals surface area (Å²) in [6.45, 7) is 7.43. The van der Waals surface area contributed by atoms with Crippen molar-refractivity contribution in [3.63, 3.8) is 0 Å². The topological polar surface area (TPSA) is 74.8 Å². The third-order valence-electron chi connectivity index (χ3n) is 6.15. The van der Waals surface area contributed by atoms with Crippen LogP contribution < -0.4 is 10.2 Å². The molecule has 0 spiro atoms. The normalized spacial score (nSPS) is 14.1. The van der Waals surface area contributed by atoms with E-state index in [1.807, 2.05) is 60.9 Å². The zero-order valence-electron chi connectivity index (χ0n) is 20.6. The molecule has 0 bridgehead atoms. The first-order chi connectivity index (χ1) is 17.6. The number of carbonyl (C=O) groups excluding carboxylic acids is 2. The van der Waals surface area contributed by atoms with Crippen molar-refractivity contribution < 1.29 is 14.3 Å². The van der Waals surface area contributed by atoms with Crippen molar-refractivity contribution in [1.82, 2.24) is 15.2 Å². The van der Waals surface area contributed by atoms with Crippen LogP contribution in [0.1, 0.15) is 34.0 Å². The molecule has 0 saturated carbocycles. The van der Waals surface area contributed by atoms with Crippen molar-refractivity contribution in [1.29, 1.82) is 0 Å². The molecule has 1 N–H and O–H groups in total. The highest BCUT2D eigenvalue weighted by molar-refractivity contribution is 5.94. The number of amides is 1. The average Bonchev–Trinajstić information content (AvgIpc) is 2.92. The maximum absolute atomic E-state index is 12.6. The van der Waals surface area contributed by atoms with E-state index in [1.165, 1.54) is 11.6 Å². The Morgan fingerprint density at radius 1 is 0.917 bits per heavy atom. The number of nitrogens with one attached hydrogen (secondary N) is 1. The lowest BCUT2D eigenvalue weighted by Crippen LogP contribution is -2.45. The highest BCUT2D eigenvalue weighted by Gasteiger charge is 2.17. The summed E-state index contributed by atoms with van der Waals surface area (Å²) in [4.78, 5) is 33.0. The minimum absolute atomic E-state index is 0.102. The van der Waals surface area contributed by atoms with Gasteiger partial charge in [-0.2, -0.15) is 0 Å². The van der Waals surface area contributed by atoms with Crippen LogP contribution in [0.15, 0.2) is 79.1 Å². The lowest BCUT2D eigenvalue weighted by molar-refractivity contribution is -0.137. The Hall–Kier alpha value is -3.97.